The molecule has 0 aliphatic carbocycles. The number of sulfonamides is 1. The van der Waals surface area contributed by atoms with Gasteiger partial charge in [0.25, 0.3) is 10.0 Å². The predicted molar refractivity (Wildman–Crippen MR) is 82.7 cm³/mol. The summed E-state index contributed by atoms with van der Waals surface area (Å²) in [5, 5.41) is 0. The number of hydrogen-bond donors (Lipinski definition) is 1. The van der Waals surface area contributed by atoms with Crippen LogP contribution >= 0.6 is 0 Å². The van der Waals surface area contributed by atoms with Gasteiger partial charge in [0, 0.05) is 25.3 Å². The molecular weight excluding hydrogens is 326 g/mol. The molecule has 0 fully saturated rings. The summed E-state index contributed by atoms with van der Waals surface area (Å²) in [6, 6.07) is 8.37. The predicted octanol–water partition coefficient (Wildman–Crippen LogP) is 2.75. The maximum Gasteiger partial charge on any atom is 0.261 e. The molecule has 1 amide bonds. The topological polar surface area (TPSA) is 66.5 Å². The molecule has 0 saturated carbocycles. The average Bonchev–Trinajstić information content (AvgIpc) is 2.49. The summed E-state index contributed by atoms with van der Waals surface area (Å²) in [6.45, 7) is 1.40. The van der Waals surface area contributed by atoms with Crippen LogP contribution in [0, 0.1) is 11.6 Å². The van der Waals surface area contributed by atoms with Gasteiger partial charge in [-0.3, -0.25) is 9.52 Å². The Morgan fingerprint density at radius 2 is 1.65 bits per heavy atom. The molecule has 122 valence electrons. The third kappa shape index (κ3) is 3.84. The maximum atomic E-state index is 13.2. The molecule has 0 heterocycles. The number of halogens is 2. The van der Waals surface area contributed by atoms with Gasteiger partial charge in [-0.25, -0.2) is 17.2 Å². The van der Waals surface area contributed by atoms with Gasteiger partial charge < -0.3 is 4.90 Å². The van der Waals surface area contributed by atoms with Crippen molar-refractivity contribution in [3.8, 4) is 0 Å². The molecule has 0 bridgehead atoms. The zero-order chi connectivity index (χ0) is 17.2. The van der Waals surface area contributed by atoms with E-state index in [-0.39, 0.29) is 16.5 Å². The number of carbonyl (C=O) groups excluding carboxylic acids is 1. The van der Waals surface area contributed by atoms with Crippen LogP contribution in [0.15, 0.2) is 47.4 Å². The maximum absolute atomic E-state index is 13.2. The number of carbonyl (C=O) groups is 1. The number of nitrogens with zero attached hydrogens (tertiary/aromatic N) is 1. The van der Waals surface area contributed by atoms with Crippen LogP contribution in [0.25, 0.3) is 0 Å². The molecule has 0 aromatic heterocycles. The SMILES string of the molecule is CC(=O)N(C)c1ccc(NS(=O)(=O)c2ccc(F)c(F)c2)cc1. The smallest absolute Gasteiger partial charge is 0.261 e. The molecule has 0 saturated heterocycles. The first-order valence-corrected chi connectivity index (χ1v) is 8.01. The van der Waals surface area contributed by atoms with Gasteiger partial charge in [0.1, 0.15) is 0 Å². The lowest BCUT2D eigenvalue weighted by atomic mass is 10.2. The van der Waals surface area contributed by atoms with E-state index in [1.54, 1.807) is 19.2 Å². The quantitative estimate of drug-likeness (QED) is 0.931. The van der Waals surface area contributed by atoms with E-state index in [4.69, 9.17) is 0 Å². The highest BCUT2D eigenvalue weighted by atomic mass is 32.2. The second-order valence-corrected chi connectivity index (χ2v) is 6.49. The number of anilines is 2. The van der Waals surface area contributed by atoms with E-state index in [1.165, 1.54) is 24.0 Å². The number of hydrogen-bond acceptors (Lipinski definition) is 3. The van der Waals surface area contributed by atoms with Crippen molar-refractivity contribution in [1.29, 1.82) is 0 Å². The summed E-state index contributed by atoms with van der Waals surface area (Å²) in [6.07, 6.45) is 0. The summed E-state index contributed by atoms with van der Waals surface area (Å²) >= 11 is 0. The summed E-state index contributed by atoms with van der Waals surface area (Å²) in [4.78, 5) is 12.3. The van der Waals surface area contributed by atoms with Crippen LogP contribution in [-0.2, 0) is 14.8 Å². The lowest BCUT2D eigenvalue weighted by Crippen LogP contribution is -2.22. The van der Waals surface area contributed by atoms with E-state index in [0.29, 0.717) is 11.8 Å². The van der Waals surface area contributed by atoms with Crippen molar-refractivity contribution in [2.45, 2.75) is 11.8 Å². The Balaban J connectivity index is 2.23. The van der Waals surface area contributed by atoms with Crippen LogP contribution in [-0.4, -0.2) is 21.4 Å². The van der Waals surface area contributed by atoms with Crippen LogP contribution in [0.5, 0.6) is 0 Å². The van der Waals surface area contributed by atoms with Crippen molar-refractivity contribution in [1.82, 2.24) is 0 Å². The minimum absolute atomic E-state index is 0.167. The van der Waals surface area contributed by atoms with Crippen LogP contribution in [0.3, 0.4) is 0 Å². The minimum Gasteiger partial charge on any atom is -0.316 e. The third-order valence-corrected chi connectivity index (χ3v) is 4.56. The Morgan fingerprint density at radius 1 is 1.04 bits per heavy atom. The largest absolute Gasteiger partial charge is 0.316 e. The Labute approximate surface area is 132 Å². The van der Waals surface area contributed by atoms with E-state index in [1.807, 2.05) is 0 Å². The lowest BCUT2D eigenvalue weighted by Gasteiger charge is -2.15. The van der Waals surface area contributed by atoms with Gasteiger partial charge in [-0.2, -0.15) is 0 Å². The number of amides is 1. The van der Waals surface area contributed by atoms with Crippen LogP contribution in [0.2, 0.25) is 0 Å². The van der Waals surface area contributed by atoms with Crippen molar-refractivity contribution in [2.75, 3.05) is 16.7 Å². The van der Waals surface area contributed by atoms with Crippen molar-refractivity contribution in [3.05, 3.63) is 54.1 Å². The molecule has 0 atom stereocenters. The van der Waals surface area contributed by atoms with Gasteiger partial charge in [-0.15, -0.1) is 0 Å². The Bertz CT molecular complexity index is 836. The van der Waals surface area contributed by atoms with Crippen molar-refractivity contribution >= 4 is 27.3 Å². The van der Waals surface area contributed by atoms with Crippen LogP contribution in [0.1, 0.15) is 6.92 Å². The summed E-state index contributed by atoms with van der Waals surface area (Å²) in [7, 11) is -2.45. The van der Waals surface area contributed by atoms with E-state index in [2.05, 4.69) is 4.72 Å². The van der Waals surface area contributed by atoms with Gasteiger partial charge >= 0.3 is 0 Å². The fourth-order valence-electron chi connectivity index (χ4n) is 1.79. The molecule has 1 N–H and O–H groups in total. The zero-order valence-corrected chi connectivity index (χ0v) is 13.2. The Hall–Kier alpha value is -2.48. The van der Waals surface area contributed by atoms with Crippen LogP contribution < -0.4 is 9.62 Å². The zero-order valence-electron chi connectivity index (χ0n) is 12.4. The van der Waals surface area contributed by atoms with Crippen molar-refractivity contribution in [2.24, 2.45) is 0 Å². The lowest BCUT2D eigenvalue weighted by molar-refractivity contribution is -0.116. The third-order valence-electron chi connectivity index (χ3n) is 3.18. The molecule has 8 heteroatoms. The Morgan fingerprint density at radius 3 is 2.17 bits per heavy atom. The number of rotatable bonds is 4. The molecule has 5 nitrogen and oxygen atoms in total. The summed E-state index contributed by atoms with van der Waals surface area (Å²) in [5.74, 6) is -2.54. The van der Waals surface area contributed by atoms with Crippen molar-refractivity contribution in [3.63, 3.8) is 0 Å². The minimum atomic E-state index is -4.04. The molecule has 0 aliphatic rings. The molecule has 0 unspecified atom stereocenters. The highest BCUT2D eigenvalue weighted by molar-refractivity contribution is 7.92. The van der Waals surface area contributed by atoms with Gasteiger partial charge in [-0.1, -0.05) is 0 Å². The average molecular weight is 340 g/mol. The molecule has 23 heavy (non-hydrogen) atoms. The summed E-state index contributed by atoms with van der Waals surface area (Å²) < 4.78 is 52.5. The first-order valence-electron chi connectivity index (χ1n) is 6.53. The molecule has 0 spiro atoms. The van der Waals surface area contributed by atoms with Crippen molar-refractivity contribution < 1.29 is 22.0 Å². The first kappa shape index (κ1) is 16.9. The monoisotopic (exact) mass is 340 g/mol. The number of nitrogens with one attached hydrogen (secondary N) is 1. The van der Waals surface area contributed by atoms with Gasteiger partial charge in [-0.05, 0) is 42.5 Å². The standard InChI is InChI=1S/C15H14F2N2O3S/c1-10(20)19(2)12-5-3-11(4-6-12)18-23(21,22)13-7-8-14(16)15(17)9-13/h3-9,18H,1-2H3. The van der Waals surface area contributed by atoms with E-state index < -0.39 is 21.7 Å². The van der Waals surface area contributed by atoms with E-state index >= 15 is 0 Å². The molecule has 0 aliphatic heterocycles. The fraction of sp³-hybridized carbons (Fsp3) is 0.133. The Kier molecular flexibility index (Phi) is 4.65. The van der Waals surface area contributed by atoms with Gasteiger partial charge in [0.05, 0.1) is 4.90 Å². The fourth-order valence-corrected chi connectivity index (χ4v) is 2.86. The highest BCUT2D eigenvalue weighted by Gasteiger charge is 2.17. The molecule has 0 radical (unpaired) electrons. The normalized spacial score (nSPS) is 11.1. The molecule has 2 aromatic rings. The first-order chi connectivity index (χ1) is 10.7. The second-order valence-electron chi connectivity index (χ2n) is 4.81. The van der Waals surface area contributed by atoms with E-state index in [9.17, 15) is 22.0 Å². The second kappa shape index (κ2) is 6.33. The van der Waals surface area contributed by atoms with Gasteiger partial charge in [0.15, 0.2) is 11.6 Å². The molecule has 2 rings (SSSR count). The molecular formula is C15H14F2N2O3S. The highest BCUT2D eigenvalue weighted by Crippen LogP contribution is 2.21. The van der Waals surface area contributed by atoms with Gasteiger partial charge in [0.2, 0.25) is 5.91 Å². The van der Waals surface area contributed by atoms with Crippen LogP contribution in [0.4, 0.5) is 20.2 Å². The number of benzene rings is 2. The summed E-state index contributed by atoms with van der Waals surface area (Å²) in [5.41, 5.74) is 0.823. The molecule has 2 aromatic carbocycles. The van der Waals surface area contributed by atoms with E-state index in [0.717, 1.165) is 12.1 Å².